The van der Waals surface area contributed by atoms with Crippen LogP contribution in [0, 0.1) is 11.7 Å². The number of phenols is 1. The van der Waals surface area contributed by atoms with E-state index >= 15 is 0 Å². The summed E-state index contributed by atoms with van der Waals surface area (Å²) in [7, 11) is 0. The molecular formula is C22H22FNO3. The fourth-order valence-corrected chi connectivity index (χ4v) is 3.40. The van der Waals surface area contributed by atoms with Gasteiger partial charge in [-0.1, -0.05) is 32.9 Å². The van der Waals surface area contributed by atoms with Crippen molar-refractivity contribution in [1.82, 2.24) is 4.98 Å². The number of phenolic OH excluding ortho intramolecular Hbond substituents is 1. The summed E-state index contributed by atoms with van der Waals surface area (Å²) in [4.78, 5) is 16.1. The van der Waals surface area contributed by atoms with Gasteiger partial charge in [-0.3, -0.25) is 9.78 Å². The normalized spacial score (nSPS) is 12.5. The van der Waals surface area contributed by atoms with E-state index in [1.54, 1.807) is 37.3 Å². The Morgan fingerprint density at radius 2 is 1.78 bits per heavy atom. The molecule has 3 rings (SSSR count). The number of pyridine rings is 1. The Balaban J connectivity index is 2.36. The van der Waals surface area contributed by atoms with Crippen LogP contribution in [-0.4, -0.2) is 21.2 Å². The zero-order chi connectivity index (χ0) is 19.7. The summed E-state index contributed by atoms with van der Waals surface area (Å²) in [6, 6.07) is 11.2. The molecule has 1 aromatic heterocycles. The van der Waals surface area contributed by atoms with Crippen LogP contribution < -0.4 is 0 Å². The van der Waals surface area contributed by atoms with Crippen molar-refractivity contribution in [3.63, 3.8) is 0 Å². The number of hydrogen-bond donors (Lipinski definition) is 2. The minimum Gasteiger partial charge on any atom is -0.508 e. The third-order valence-corrected chi connectivity index (χ3v) is 4.72. The summed E-state index contributed by atoms with van der Waals surface area (Å²) >= 11 is 0. The molecule has 140 valence electrons. The number of aromatic hydroxyl groups is 1. The summed E-state index contributed by atoms with van der Waals surface area (Å²) in [6.45, 7) is 5.72. The minimum atomic E-state index is -0.883. The van der Waals surface area contributed by atoms with E-state index in [-0.39, 0.29) is 23.9 Å². The Morgan fingerprint density at radius 1 is 1.11 bits per heavy atom. The second kappa shape index (κ2) is 7.35. The van der Waals surface area contributed by atoms with E-state index in [0.29, 0.717) is 11.2 Å². The molecule has 0 aliphatic rings. The van der Waals surface area contributed by atoms with E-state index in [1.807, 2.05) is 13.8 Å². The van der Waals surface area contributed by atoms with Gasteiger partial charge in [0.1, 0.15) is 11.6 Å². The predicted molar refractivity (Wildman–Crippen MR) is 103 cm³/mol. The first-order chi connectivity index (χ1) is 12.8. The Labute approximate surface area is 157 Å². The van der Waals surface area contributed by atoms with Crippen molar-refractivity contribution in [3.8, 4) is 16.9 Å². The number of aliphatic carboxylic acids is 1. The van der Waals surface area contributed by atoms with Gasteiger partial charge in [0.15, 0.2) is 0 Å². The fraction of sp³-hybridized carbons (Fsp3) is 0.273. The highest BCUT2D eigenvalue weighted by Gasteiger charge is 2.22. The largest absolute Gasteiger partial charge is 0.508 e. The highest BCUT2D eigenvalue weighted by Crippen LogP contribution is 2.38. The number of aromatic nitrogens is 1. The monoisotopic (exact) mass is 367 g/mol. The number of carboxylic acids is 1. The molecule has 27 heavy (non-hydrogen) atoms. The lowest BCUT2D eigenvalue weighted by Crippen LogP contribution is -2.15. The van der Waals surface area contributed by atoms with Crippen molar-refractivity contribution >= 4 is 16.9 Å². The van der Waals surface area contributed by atoms with Gasteiger partial charge in [-0.05, 0) is 46.9 Å². The first kappa shape index (κ1) is 18.8. The average molecular weight is 367 g/mol. The molecule has 0 saturated carbocycles. The smallest absolute Gasteiger partial charge is 0.306 e. The zero-order valence-corrected chi connectivity index (χ0v) is 15.5. The van der Waals surface area contributed by atoms with Crippen LogP contribution >= 0.6 is 0 Å². The Bertz CT molecular complexity index is 997. The minimum absolute atomic E-state index is 0.0896. The van der Waals surface area contributed by atoms with E-state index in [0.717, 1.165) is 22.1 Å². The van der Waals surface area contributed by atoms with E-state index in [2.05, 4.69) is 4.98 Å². The summed E-state index contributed by atoms with van der Waals surface area (Å²) < 4.78 is 13.5. The van der Waals surface area contributed by atoms with Gasteiger partial charge >= 0.3 is 5.97 Å². The lowest BCUT2D eigenvalue weighted by molar-refractivity contribution is -0.141. The van der Waals surface area contributed by atoms with Gasteiger partial charge in [0, 0.05) is 23.6 Å². The molecule has 0 saturated heterocycles. The molecule has 2 aromatic carbocycles. The summed E-state index contributed by atoms with van der Waals surface area (Å²) in [6.07, 6.45) is 0.280. The first-order valence-electron chi connectivity index (χ1n) is 8.92. The van der Waals surface area contributed by atoms with Gasteiger partial charge in [0.25, 0.3) is 0 Å². The standard InChI is InChI=1S/C22H22FNO3/c1-12(2)20-19(10-13(3)22(26)27)24-18-11-16(25)8-9-17(18)21(20)14-4-6-15(23)7-5-14/h4-9,11-13,25H,10H2,1-3H3,(H,26,27). The maximum atomic E-state index is 13.5. The van der Waals surface area contributed by atoms with Crippen LogP contribution in [0.4, 0.5) is 4.39 Å². The molecule has 2 N–H and O–H groups in total. The highest BCUT2D eigenvalue weighted by atomic mass is 19.1. The number of rotatable bonds is 5. The number of fused-ring (bicyclic) bond motifs is 1. The molecule has 0 aliphatic carbocycles. The lowest BCUT2D eigenvalue weighted by atomic mass is 9.86. The van der Waals surface area contributed by atoms with Crippen LogP contribution in [0.3, 0.4) is 0 Å². The number of carbonyl (C=O) groups is 1. The fourth-order valence-electron chi connectivity index (χ4n) is 3.40. The van der Waals surface area contributed by atoms with Gasteiger partial charge in [0.05, 0.1) is 11.4 Å². The van der Waals surface area contributed by atoms with Gasteiger partial charge in [-0.2, -0.15) is 0 Å². The number of halogens is 1. The third kappa shape index (κ3) is 3.77. The molecule has 0 fully saturated rings. The summed E-state index contributed by atoms with van der Waals surface area (Å²) in [5.41, 5.74) is 3.97. The number of nitrogens with zero attached hydrogens (tertiary/aromatic N) is 1. The van der Waals surface area contributed by atoms with Crippen LogP contribution in [0.2, 0.25) is 0 Å². The Kier molecular flexibility index (Phi) is 5.13. The summed E-state index contributed by atoms with van der Waals surface area (Å²) in [5.74, 6) is -1.61. The van der Waals surface area contributed by atoms with E-state index in [9.17, 15) is 19.4 Å². The number of benzene rings is 2. The second-order valence-electron chi connectivity index (χ2n) is 7.15. The third-order valence-electron chi connectivity index (χ3n) is 4.72. The van der Waals surface area contributed by atoms with Gasteiger partial charge in [0.2, 0.25) is 0 Å². The molecule has 1 atom stereocenters. The van der Waals surface area contributed by atoms with E-state index in [4.69, 9.17) is 0 Å². The van der Waals surface area contributed by atoms with Crippen molar-refractivity contribution in [2.24, 2.45) is 5.92 Å². The van der Waals surface area contributed by atoms with Crippen LogP contribution in [0.1, 0.15) is 37.9 Å². The lowest BCUT2D eigenvalue weighted by Gasteiger charge is -2.21. The summed E-state index contributed by atoms with van der Waals surface area (Å²) in [5, 5.41) is 20.1. The second-order valence-corrected chi connectivity index (χ2v) is 7.15. The predicted octanol–water partition coefficient (Wildman–Crippen LogP) is 5.13. The van der Waals surface area contributed by atoms with Gasteiger partial charge in [-0.25, -0.2) is 4.39 Å². The van der Waals surface area contributed by atoms with Crippen LogP contribution in [0.25, 0.3) is 22.0 Å². The van der Waals surface area contributed by atoms with E-state index < -0.39 is 11.9 Å². The number of hydrogen-bond acceptors (Lipinski definition) is 3. The molecule has 3 aromatic rings. The Morgan fingerprint density at radius 3 is 2.37 bits per heavy atom. The quantitative estimate of drug-likeness (QED) is 0.656. The van der Waals surface area contributed by atoms with Crippen LogP contribution in [0.15, 0.2) is 42.5 Å². The SMILES string of the molecule is CC(Cc1nc2cc(O)ccc2c(-c2ccc(F)cc2)c1C(C)C)C(=O)O. The molecule has 5 heteroatoms. The number of carboxylic acid groups (broad SMARTS) is 1. The maximum absolute atomic E-state index is 13.5. The molecule has 0 radical (unpaired) electrons. The molecular weight excluding hydrogens is 345 g/mol. The molecule has 0 bridgehead atoms. The molecule has 0 amide bonds. The van der Waals surface area contributed by atoms with Crippen molar-refractivity contribution in [2.75, 3.05) is 0 Å². The highest BCUT2D eigenvalue weighted by molar-refractivity contribution is 5.97. The van der Waals surface area contributed by atoms with Gasteiger partial charge in [-0.15, -0.1) is 0 Å². The van der Waals surface area contributed by atoms with Crippen molar-refractivity contribution < 1.29 is 19.4 Å². The van der Waals surface area contributed by atoms with Gasteiger partial charge < -0.3 is 10.2 Å². The zero-order valence-electron chi connectivity index (χ0n) is 15.5. The first-order valence-corrected chi connectivity index (χ1v) is 8.92. The molecule has 4 nitrogen and oxygen atoms in total. The van der Waals surface area contributed by atoms with Crippen molar-refractivity contribution in [1.29, 1.82) is 0 Å². The van der Waals surface area contributed by atoms with Crippen molar-refractivity contribution in [3.05, 3.63) is 59.5 Å². The molecule has 0 spiro atoms. The molecule has 1 unspecified atom stereocenters. The topological polar surface area (TPSA) is 70.4 Å². The molecule has 0 aliphatic heterocycles. The average Bonchev–Trinajstić information content (AvgIpc) is 2.60. The maximum Gasteiger partial charge on any atom is 0.306 e. The molecule has 1 heterocycles. The van der Waals surface area contributed by atoms with Crippen molar-refractivity contribution in [2.45, 2.75) is 33.1 Å². The van der Waals surface area contributed by atoms with Crippen LogP contribution in [-0.2, 0) is 11.2 Å². The van der Waals surface area contributed by atoms with Crippen LogP contribution in [0.5, 0.6) is 5.75 Å². The van der Waals surface area contributed by atoms with E-state index in [1.165, 1.54) is 12.1 Å². The Hall–Kier alpha value is -2.95.